The van der Waals surface area contributed by atoms with Gasteiger partial charge in [0.15, 0.2) is 5.50 Å². The molecule has 0 aromatic rings. The molecule has 0 bridgehead atoms. The second-order valence-electron chi connectivity index (χ2n) is 2.32. The number of nitrogens with zero attached hydrogens (tertiary/aromatic N) is 1. The molecule has 1 heterocycles. The Morgan fingerprint density at radius 3 is 3.21 bits per heavy atom. The lowest BCUT2D eigenvalue weighted by Gasteiger charge is -2.14. The maximum absolute atomic E-state index is 11.3. The highest BCUT2D eigenvalue weighted by molar-refractivity contribution is 7.80. The quantitative estimate of drug-likeness (QED) is 0.378. The van der Waals surface area contributed by atoms with Gasteiger partial charge in [0.05, 0.1) is 0 Å². The first-order valence-electron chi connectivity index (χ1n) is 3.69. The predicted octanol–water partition coefficient (Wildman–Crippen LogP) is 0.517. The number of halogens is 1. The van der Waals surface area contributed by atoms with Gasteiger partial charge >= 0.3 is 5.97 Å². The summed E-state index contributed by atoms with van der Waals surface area (Å²) in [5.41, 5.74) is -0.305. The zero-order valence-corrected chi connectivity index (χ0v) is 8.68. The van der Waals surface area contributed by atoms with E-state index in [1.54, 1.807) is 0 Å². The summed E-state index contributed by atoms with van der Waals surface area (Å²) in [6.07, 6.45) is 2.36. The summed E-state index contributed by atoms with van der Waals surface area (Å²) >= 11 is 9.67. The zero-order chi connectivity index (χ0) is 10.6. The Balaban J connectivity index is 2.65. The summed E-state index contributed by atoms with van der Waals surface area (Å²) in [6.45, 7) is -0.0787. The van der Waals surface area contributed by atoms with Crippen LogP contribution in [0.15, 0.2) is 16.8 Å². The van der Waals surface area contributed by atoms with Gasteiger partial charge in [-0.15, -0.1) is 12.6 Å². The van der Waals surface area contributed by atoms with Crippen LogP contribution in [0.2, 0.25) is 0 Å². The number of rotatable bonds is 3. The summed E-state index contributed by atoms with van der Waals surface area (Å²) in [5.74, 6) is -0.616. The first-order valence-corrected chi connectivity index (χ1v) is 4.58. The van der Waals surface area contributed by atoms with Crippen LogP contribution in [0.25, 0.3) is 0 Å². The molecule has 1 atom stereocenters. The maximum Gasteiger partial charge on any atom is 0.343 e. The molecule has 0 saturated heterocycles. The summed E-state index contributed by atoms with van der Waals surface area (Å²) in [6, 6.07) is 0. The Hall–Kier alpha value is -1.01. The van der Waals surface area contributed by atoms with Crippen LogP contribution < -0.4 is 5.32 Å². The molecule has 0 aliphatic carbocycles. The minimum atomic E-state index is -0.616. The van der Waals surface area contributed by atoms with Gasteiger partial charge in [0.1, 0.15) is 17.4 Å². The normalized spacial score (nSPS) is 20.3. The van der Waals surface area contributed by atoms with Gasteiger partial charge in [-0.3, -0.25) is 0 Å². The fourth-order valence-electron chi connectivity index (χ4n) is 0.770. The lowest BCUT2D eigenvalue weighted by Crippen LogP contribution is -2.27. The van der Waals surface area contributed by atoms with Crippen molar-refractivity contribution < 1.29 is 9.53 Å². The Morgan fingerprint density at radius 2 is 2.64 bits per heavy atom. The van der Waals surface area contributed by atoms with Crippen molar-refractivity contribution in [2.45, 2.75) is 5.50 Å². The molecule has 0 saturated carbocycles. The molecule has 14 heavy (non-hydrogen) atoms. The first-order chi connectivity index (χ1) is 6.65. The fraction of sp³-hybridized carbons (Fsp3) is 0.286. The molecule has 1 aliphatic rings. The first kappa shape index (κ1) is 11.1. The van der Waals surface area contributed by atoms with Crippen LogP contribution in [-0.2, 0) is 9.53 Å². The third-order valence-corrected chi connectivity index (χ3v) is 1.92. The van der Waals surface area contributed by atoms with E-state index in [0.29, 0.717) is 0 Å². The number of carbonyl (C=O) groups excluding carboxylic acids is 1. The lowest BCUT2D eigenvalue weighted by atomic mass is 10.3. The summed E-state index contributed by atoms with van der Waals surface area (Å²) in [5, 5.41) is 9.43. The molecule has 1 unspecified atom stereocenters. The Labute approximate surface area is 91.1 Å². The predicted molar refractivity (Wildman–Crippen MR) is 57.0 cm³/mol. The molecular weight excluding hydrogens is 226 g/mol. The smallest absolute Gasteiger partial charge is 0.343 e. The van der Waals surface area contributed by atoms with E-state index in [1.807, 2.05) is 0 Å². The highest BCUT2D eigenvalue weighted by atomic mass is 35.5. The van der Waals surface area contributed by atoms with Gasteiger partial charge in [-0.2, -0.15) is 0 Å². The highest BCUT2D eigenvalue weighted by Gasteiger charge is 2.20. The van der Waals surface area contributed by atoms with Gasteiger partial charge in [0, 0.05) is 12.4 Å². The standard InChI is InChI=1S/C7H8ClN3O2S/c8-5-4(3-10-7(14)11-5)6(12)13-2-1-9/h1,3,7,9-10,14H,2H2. The molecule has 2 N–H and O–H groups in total. The molecular formula is C7H8ClN3O2S. The minimum Gasteiger partial charge on any atom is -0.456 e. The Kier molecular flexibility index (Phi) is 3.97. The van der Waals surface area contributed by atoms with Crippen LogP contribution in [0.4, 0.5) is 0 Å². The molecule has 0 amide bonds. The fourth-order valence-corrected chi connectivity index (χ4v) is 1.26. The van der Waals surface area contributed by atoms with Gasteiger partial charge < -0.3 is 15.5 Å². The largest absolute Gasteiger partial charge is 0.456 e. The van der Waals surface area contributed by atoms with Crippen LogP contribution in [0.1, 0.15) is 0 Å². The van der Waals surface area contributed by atoms with Crippen molar-refractivity contribution in [1.29, 1.82) is 5.41 Å². The van der Waals surface area contributed by atoms with E-state index in [-0.39, 0.29) is 17.4 Å². The number of thiol groups is 1. The second kappa shape index (κ2) is 5.02. The third kappa shape index (κ3) is 2.74. The molecule has 1 rings (SSSR count). The van der Waals surface area contributed by atoms with Crippen LogP contribution in [0.5, 0.6) is 0 Å². The molecule has 76 valence electrons. The molecule has 0 aromatic carbocycles. The molecule has 7 heteroatoms. The third-order valence-electron chi connectivity index (χ3n) is 1.35. The number of hydrogen-bond donors (Lipinski definition) is 3. The van der Waals surface area contributed by atoms with Crippen LogP contribution in [0, 0.1) is 5.41 Å². The number of hydrogen-bond acceptors (Lipinski definition) is 6. The van der Waals surface area contributed by atoms with Crippen molar-refractivity contribution in [3.63, 3.8) is 0 Å². The molecule has 5 nitrogen and oxygen atoms in total. The maximum atomic E-state index is 11.3. The van der Waals surface area contributed by atoms with Crippen molar-refractivity contribution in [2.24, 2.45) is 4.99 Å². The van der Waals surface area contributed by atoms with E-state index in [2.05, 4.69) is 27.7 Å². The van der Waals surface area contributed by atoms with Gasteiger partial charge in [-0.05, 0) is 0 Å². The van der Waals surface area contributed by atoms with Gasteiger partial charge in [0.25, 0.3) is 0 Å². The van der Waals surface area contributed by atoms with E-state index in [9.17, 15) is 4.79 Å². The summed E-state index contributed by atoms with van der Waals surface area (Å²) < 4.78 is 4.66. The lowest BCUT2D eigenvalue weighted by molar-refractivity contribution is -0.136. The monoisotopic (exact) mass is 233 g/mol. The molecule has 0 fully saturated rings. The topological polar surface area (TPSA) is 74.5 Å². The van der Waals surface area contributed by atoms with Crippen molar-refractivity contribution in [3.8, 4) is 0 Å². The highest BCUT2D eigenvalue weighted by Crippen LogP contribution is 2.12. The van der Waals surface area contributed by atoms with Crippen molar-refractivity contribution in [1.82, 2.24) is 5.32 Å². The van der Waals surface area contributed by atoms with E-state index in [4.69, 9.17) is 17.0 Å². The van der Waals surface area contributed by atoms with Crippen molar-refractivity contribution in [2.75, 3.05) is 6.61 Å². The van der Waals surface area contributed by atoms with E-state index >= 15 is 0 Å². The number of aliphatic imine (C=N–C) groups is 1. The Morgan fingerprint density at radius 1 is 1.93 bits per heavy atom. The van der Waals surface area contributed by atoms with Crippen molar-refractivity contribution >= 4 is 41.6 Å². The Bertz CT molecular complexity index is 316. The van der Waals surface area contributed by atoms with Gasteiger partial charge in [-0.25, -0.2) is 9.79 Å². The van der Waals surface area contributed by atoms with E-state index in [1.165, 1.54) is 6.20 Å². The molecule has 1 aliphatic heterocycles. The van der Waals surface area contributed by atoms with Crippen molar-refractivity contribution in [3.05, 3.63) is 11.8 Å². The minimum absolute atomic E-state index is 0.0544. The van der Waals surface area contributed by atoms with Gasteiger partial charge in [-0.1, -0.05) is 11.6 Å². The average Bonchev–Trinajstić information content (AvgIpc) is 2.14. The number of esters is 1. The number of carbonyl (C=O) groups is 1. The summed E-state index contributed by atoms with van der Waals surface area (Å²) in [4.78, 5) is 15.1. The van der Waals surface area contributed by atoms with Crippen LogP contribution >= 0.6 is 24.2 Å². The average molecular weight is 234 g/mol. The van der Waals surface area contributed by atoms with Crippen LogP contribution in [-0.4, -0.2) is 29.5 Å². The van der Waals surface area contributed by atoms with E-state index < -0.39 is 11.5 Å². The molecule has 0 radical (unpaired) electrons. The number of nitrogens with one attached hydrogen (secondary N) is 2. The van der Waals surface area contributed by atoms with E-state index in [0.717, 1.165) is 6.21 Å². The zero-order valence-electron chi connectivity index (χ0n) is 7.03. The van der Waals surface area contributed by atoms with Crippen LogP contribution in [0.3, 0.4) is 0 Å². The second-order valence-corrected chi connectivity index (χ2v) is 3.17. The SMILES string of the molecule is N=CCOC(=O)C1=CNC(S)N=C1Cl. The molecule has 0 aromatic heterocycles. The number of ether oxygens (including phenoxy) is 1. The van der Waals surface area contributed by atoms with Gasteiger partial charge in [0.2, 0.25) is 0 Å². The molecule has 0 spiro atoms. The summed E-state index contributed by atoms with van der Waals surface area (Å²) in [7, 11) is 0.